The Labute approximate surface area is 117 Å². The number of ketones is 1. The maximum Gasteiger partial charge on any atom is 0.193 e. The molecule has 0 aromatic heterocycles. The third-order valence-electron chi connectivity index (χ3n) is 3.60. The lowest BCUT2D eigenvalue weighted by Gasteiger charge is -2.07. The number of halogens is 1. The van der Waals surface area contributed by atoms with Gasteiger partial charge in [-0.25, -0.2) is 4.39 Å². The first-order valence-electron chi connectivity index (χ1n) is 6.65. The normalized spacial score (nSPS) is 16.6. The first-order valence-corrected chi connectivity index (χ1v) is 6.65. The van der Waals surface area contributed by atoms with E-state index in [9.17, 15) is 9.18 Å². The topological polar surface area (TPSA) is 26.3 Å². The van der Waals surface area contributed by atoms with Gasteiger partial charge >= 0.3 is 0 Å². The summed E-state index contributed by atoms with van der Waals surface area (Å²) in [4.78, 5) is 12.5. The fourth-order valence-corrected chi connectivity index (χ4v) is 2.56. The Bertz CT molecular complexity index is 691. The van der Waals surface area contributed by atoms with Gasteiger partial charge in [0.25, 0.3) is 0 Å². The molecule has 0 aliphatic carbocycles. The molecule has 1 unspecified atom stereocenters. The molecule has 0 spiro atoms. The Balaban J connectivity index is 1.99. The van der Waals surface area contributed by atoms with E-state index in [0.29, 0.717) is 11.1 Å². The summed E-state index contributed by atoms with van der Waals surface area (Å²) in [7, 11) is 0. The van der Waals surface area contributed by atoms with E-state index in [4.69, 9.17) is 4.74 Å². The van der Waals surface area contributed by atoms with Crippen LogP contribution in [0.5, 0.6) is 5.75 Å². The van der Waals surface area contributed by atoms with Crippen molar-refractivity contribution in [1.29, 1.82) is 0 Å². The van der Waals surface area contributed by atoms with E-state index in [2.05, 4.69) is 0 Å². The molecule has 3 heteroatoms. The maximum absolute atomic E-state index is 13.3. The molecule has 0 bridgehead atoms. The lowest BCUT2D eigenvalue weighted by Crippen LogP contribution is -2.05. The van der Waals surface area contributed by atoms with Gasteiger partial charge in [0.1, 0.15) is 17.7 Å². The molecule has 1 heterocycles. The zero-order valence-electron chi connectivity index (χ0n) is 11.4. The molecular formula is C17H15FO2. The number of ether oxygens (including phenoxy) is 1. The van der Waals surface area contributed by atoms with Crippen LogP contribution in [0, 0.1) is 12.7 Å². The Kier molecular flexibility index (Phi) is 3.05. The number of carbonyl (C=O) groups is 1. The van der Waals surface area contributed by atoms with E-state index in [-0.39, 0.29) is 11.9 Å². The summed E-state index contributed by atoms with van der Waals surface area (Å²) in [6.07, 6.45) is 0.949. The standard InChI is InChI=1S/C17H15FO2/c1-10-3-5-14(18)9-15(10)17(19)12-4-6-16-13(8-12)7-11(2)20-16/h3-6,8-9,11H,7H2,1-2H3. The first-order chi connectivity index (χ1) is 9.54. The highest BCUT2D eigenvalue weighted by Crippen LogP contribution is 2.30. The monoisotopic (exact) mass is 270 g/mol. The van der Waals surface area contributed by atoms with Gasteiger partial charge in [-0.3, -0.25) is 4.79 Å². The van der Waals surface area contributed by atoms with Crippen molar-refractivity contribution in [3.8, 4) is 5.75 Å². The summed E-state index contributed by atoms with van der Waals surface area (Å²) in [5.74, 6) is 0.298. The summed E-state index contributed by atoms with van der Waals surface area (Å²) >= 11 is 0. The number of fused-ring (bicyclic) bond motifs is 1. The van der Waals surface area contributed by atoms with Gasteiger partial charge in [0.15, 0.2) is 5.78 Å². The molecular weight excluding hydrogens is 255 g/mol. The third kappa shape index (κ3) is 2.20. The third-order valence-corrected chi connectivity index (χ3v) is 3.60. The minimum absolute atomic E-state index is 0.145. The molecule has 2 aromatic rings. The van der Waals surface area contributed by atoms with E-state index < -0.39 is 5.82 Å². The number of rotatable bonds is 2. The van der Waals surface area contributed by atoms with Crippen LogP contribution in [0.4, 0.5) is 4.39 Å². The summed E-state index contributed by atoms with van der Waals surface area (Å²) < 4.78 is 18.9. The molecule has 0 saturated heterocycles. The zero-order chi connectivity index (χ0) is 14.3. The minimum atomic E-state index is -0.392. The van der Waals surface area contributed by atoms with Gasteiger partial charge in [-0.1, -0.05) is 6.07 Å². The molecule has 0 fully saturated rings. The van der Waals surface area contributed by atoms with Crippen LogP contribution in [-0.4, -0.2) is 11.9 Å². The van der Waals surface area contributed by atoms with Crippen molar-refractivity contribution in [2.45, 2.75) is 26.4 Å². The molecule has 0 saturated carbocycles. The smallest absolute Gasteiger partial charge is 0.193 e. The largest absolute Gasteiger partial charge is 0.490 e. The average molecular weight is 270 g/mol. The van der Waals surface area contributed by atoms with Crippen molar-refractivity contribution in [1.82, 2.24) is 0 Å². The van der Waals surface area contributed by atoms with E-state index in [0.717, 1.165) is 23.3 Å². The summed E-state index contributed by atoms with van der Waals surface area (Å²) in [5, 5.41) is 0. The highest BCUT2D eigenvalue weighted by atomic mass is 19.1. The van der Waals surface area contributed by atoms with Gasteiger partial charge in [-0.15, -0.1) is 0 Å². The van der Waals surface area contributed by atoms with Gasteiger partial charge in [0.2, 0.25) is 0 Å². The lowest BCUT2D eigenvalue weighted by atomic mass is 9.97. The summed E-state index contributed by atoms with van der Waals surface area (Å²) in [6, 6.07) is 9.70. The molecule has 102 valence electrons. The first kappa shape index (κ1) is 12.9. The molecule has 1 atom stereocenters. The van der Waals surface area contributed by atoms with Gasteiger partial charge in [-0.2, -0.15) is 0 Å². The molecule has 2 nitrogen and oxygen atoms in total. The minimum Gasteiger partial charge on any atom is -0.490 e. The van der Waals surface area contributed by atoms with Crippen LogP contribution in [0.3, 0.4) is 0 Å². The van der Waals surface area contributed by atoms with Gasteiger partial charge < -0.3 is 4.74 Å². The summed E-state index contributed by atoms with van der Waals surface area (Å²) in [6.45, 7) is 3.81. The molecule has 0 N–H and O–H groups in total. The number of benzene rings is 2. The fourth-order valence-electron chi connectivity index (χ4n) is 2.56. The van der Waals surface area contributed by atoms with Crippen molar-refractivity contribution in [3.05, 3.63) is 64.5 Å². The quantitative estimate of drug-likeness (QED) is 0.778. The average Bonchev–Trinajstić information content (AvgIpc) is 2.79. The molecule has 2 aromatic carbocycles. The van der Waals surface area contributed by atoms with E-state index in [1.165, 1.54) is 12.1 Å². The van der Waals surface area contributed by atoms with Crippen LogP contribution in [0.15, 0.2) is 36.4 Å². The predicted octanol–water partition coefficient (Wildman–Crippen LogP) is 3.69. The van der Waals surface area contributed by atoms with Crippen LogP contribution < -0.4 is 4.74 Å². The number of carbonyl (C=O) groups excluding carboxylic acids is 1. The van der Waals surface area contributed by atoms with Crippen LogP contribution in [0.2, 0.25) is 0 Å². The van der Waals surface area contributed by atoms with Gasteiger partial charge in [-0.05, 0) is 55.3 Å². The molecule has 0 amide bonds. The van der Waals surface area contributed by atoms with Crippen LogP contribution >= 0.6 is 0 Å². The van der Waals surface area contributed by atoms with Crippen molar-refractivity contribution < 1.29 is 13.9 Å². The zero-order valence-corrected chi connectivity index (χ0v) is 11.4. The number of aryl methyl sites for hydroxylation is 1. The second-order valence-corrected chi connectivity index (χ2v) is 5.24. The fraction of sp³-hybridized carbons (Fsp3) is 0.235. The SMILES string of the molecule is Cc1ccc(F)cc1C(=O)c1ccc2c(c1)CC(C)O2. The maximum atomic E-state index is 13.3. The van der Waals surface area contributed by atoms with Crippen LogP contribution in [0.25, 0.3) is 0 Å². The molecule has 3 rings (SSSR count). The van der Waals surface area contributed by atoms with Crippen molar-refractivity contribution in [2.24, 2.45) is 0 Å². The van der Waals surface area contributed by atoms with Crippen molar-refractivity contribution in [2.75, 3.05) is 0 Å². The van der Waals surface area contributed by atoms with Gasteiger partial charge in [0.05, 0.1) is 0 Å². The lowest BCUT2D eigenvalue weighted by molar-refractivity contribution is 0.103. The van der Waals surface area contributed by atoms with E-state index in [1.54, 1.807) is 12.1 Å². The van der Waals surface area contributed by atoms with E-state index >= 15 is 0 Å². The Morgan fingerprint density at radius 2 is 2.05 bits per heavy atom. The summed E-state index contributed by atoms with van der Waals surface area (Å²) in [5.41, 5.74) is 2.81. The molecule has 20 heavy (non-hydrogen) atoms. The Morgan fingerprint density at radius 3 is 2.85 bits per heavy atom. The highest BCUT2D eigenvalue weighted by molar-refractivity contribution is 6.10. The van der Waals surface area contributed by atoms with Crippen molar-refractivity contribution in [3.63, 3.8) is 0 Å². The second kappa shape index (κ2) is 4.75. The van der Waals surface area contributed by atoms with Crippen molar-refractivity contribution >= 4 is 5.78 Å². The second-order valence-electron chi connectivity index (χ2n) is 5.24. The van der Waals surface area contributed by atoms with Gasteiger partial charge in [0, 0.05) is 17.5 Å². The predicted molar refractivity (Wildman–Crippen MR) is 74.8 cm³/mol. The molecule has 1 aliphatic heterocycles. The van der Waals surface area contributed by atoms with Crippen LogP contribution in [0.1, 0.15) is 34.0 Å². The Hall–Kier alpha value is -2.16. The number of hydrogen-bond donors (Lipinski definition) is 0. The van der Waals surface area contributed by atoms with Crippen LogP contribution in [-0.2, 0) is 6.42 Å². The molecule has 1 aliphatic rings. The highest BCUT2D eigenvalue weighted by Gasteiger charge is 2.21. The Morgan fingerprint density at radius 1 is 1.25 bits per heavy atom. The molecule has 0 radical (unpaired) electrons. The van der Waals surface area contributed by atoms with E-state index in [1.807, 2.05) is 26.0 Å². The number of hydrogen-bond acceptors (Lipinski definition) is 2.